The van der Waals surface area contributed by atoms with Crippen LogP contribution in [0, 0.1) is 5.92 Å². The fourth-order valence-electron chi connectivity index (χ4n) is 1.12. The van der Waals surface area contributed by atoms with Gasteiger partial charge >= 0.3 is 6.18 Å². The van der Waals surface area contributed by atoms with Crippen LogP contribution >= 0.6 is 12.4 Å². The average Bonchev–Trinajstić information content (AvgIpc) is 1.57. The quantitative estimate of drug-likeness (QED) is 0.665. The largest absolute Gasteiger partial charge is 0.391 e. The van der Waals surface area contributed by atoms with Crippen molar-refractivity contribution < 1.29 is 13.2 Å². The van der Waals surface area contributed by atoms with Crippen LogP contribution in [0.25, 0.3) is 0 Å². The summed E-state index contributed by atoms with van der Waals surface area (Å²) in [5.74, 6) is -1.05. The lowest BCUT2D eigenvalue weighted by Crippen LogP contribution is -2.45. The molecule has 0 radical (unpaired) electrons. The first-order chi connectivity index (χ1) is 4.54. The molecule has 0 heterocycles. The van der Waals surface area contributed by atoms with Crippen LogP contribution in [0.4, 0.5) is 13.2 Å². The van der Waals surface area contributed by atoms with E-state index in [1.165, 1.54) is 0 Å². The van der Waals surface area contributed by atoms with Crippen molar-refractivity contribution in [2.24, 2.45) is 5.92 Å². The van der Waals surface area contributed by atoms with Gasteiger partial charge in [0.15, 0.2) is 0 Å². The first-order valence-corrected chi connectivity index (χ1v) is 3.28. The third-order valence-corrected chi connectivity index (χ3v) is 2.01. The maximum absolute atomic E-state index is 11.8. The standard InChI is InChI=1S/C6H10F3N.ClH/c1-10-5-2-4(3-5)6(7,8)9;/h4-5,10H,2-3H2,1H3;1H. The molecule has 0 saturated heterocycles. The van der Waals surface area contributed by atoms with Gasteiger partial charge < -0.3 is 5.32 Å². The lowest BCUT2D eigenvalue weighted by molar-refractivity contribution is -0.198. The van der Waals surface area contributed by atoms with Gasteiger partial charge in [-0.3, -0.25) is 0 Å². The Labute approximate surface area is 69.8 Å². The summed E-state index contributed by atoms with van der Waals surface area (Å²) in [6.07, 6.45) is -3.46. The fraction of sp³-hybridized carbons (Fsp3) is 1.00. The Morgan fingerprint density at radius 1 is 1.27 bits per heavy atom. The molecule has 1 saturated carbocycles. The molecule has 1 aliphatic carbocycles. The Morgan fingerprint density at radius 2 is 1.73 bits per heavy atom. The maximum Gasteiger partial charge on any atom is 0.391 e. The van der Waals surface area contributed by atoms with Crippen LogP contribution in [-0.2, 0) is 0 Å². The van der Waals surface area contributed by atoms with Crippen molar-refractivity contribution >= 4 is 12.4 Å². The number of hydrogen-bond donors (Lipinski definition) is 1. The van der Waals surface area contributed by atoms with Gasteiger partial charge in [-0.1, -0.05) is 0 Å². The predicted molar refractivity (Wildman–Crippen MR) is 38.9 cm³/mol. The zero-order valence-corrected chi connectivity index (χ0v) is 6.93. The molecule has 5 heteroatoms. The highest BCUT2D eigenvalue weighted by atomic mass is 35.5. The van der Waals surface area contributed by atoms with Gasteiger partial charge in [-0.05, 0) is 19.9 Å². The molecule has 1 fully saturated rings. The SMILES string of the molecule is CNC1CC(C(F)(F)F)C1.Cl. The molecule has 11 heavy (non-hydrogen) atoms. The van der Waals surface area contributed by atoms with E-state index in [1.54, 1.807) is 7.05 Å². The highest BCUT2D eigenvalue weighted by Gasteiger charge is 2.47. The van der Waals surface area contributed by atoms with E-state index in [1.807, 2.05) is 0 Å². The van der Waals surface area contributed by atoms with Crippen molar-refractivity contribution in [1.29, 1.82) is 0 Å². The Bertz CT molecular complexity index is 119. The second-order valence-corrected chi connectivity index (χ2v) is 2.70. The number of hydrogen-bond acceptors (Lipinski definition) is 1. The van der Waals surface area contributed by atoms with Crippen LogP contribution in [-0.4, -0.2) is 19.3 Å². The predicted octanol–water partition coefficient (Wildman–Crippen LogP) is 1.97. The third kappa shape index (κ3) is 2.52. The van der Waals surface area contributed by atoms with E-state index in [9.17, 15) is 13.2 Å². The van der Waals surface area contributed by atoms with Crippen LogP contribution in [0.5, 0.6) is 0 Å². The summed E-state index contributed by atoms with van der Waals surface area (Å²) in [7, 11) is 1.69. The fourth-order valence-corrected chi connectivity index (χ4v) is 1.12. The maximum atomic E-state index is 11.8. The van der Waals surface area contributed by atoms with E-state index >= 15 is 0 Å². The summed E-state index contributed by atoms with van der Waals surface area (Å²) < 4.78 is 35.3. The number of rotatable bonds is 1. The average molecular weight is 190 g/mol. The second kappa shape index (κ2) is 3.63. The first kappa shape index (κ1) is 11.0. The Kier molecular flexibility index (Phi) is 3.64. The molecule has 0 aromatic heterocycles. The lowest BCUT2D eigenvalue weighted by atomic mass is 9.80. The van der Waals surface area contributed by atoms with E-state index in [4.69, 9.17) is 0 Å². The van der Waals surface area contributed by atoms with Crippen molar-refractivity contribution in [2.45, 2.75) is 25.1 Å². The number of alkyl halides is 3. The molecule has 0 unspecified atom stereocenters. The van der Waals surface area contributed by atoms with Gasteiger partial charge in [0, 0.05) is 6.04 Å². The van der Waals surface area contributed by atoms with Gasteiger partial charge in [0.1, 0.15) is 0 Å². The van der Waals surface area contributed by atoms with Crippen molar-refractivity contribution in [2.75, 3.05) is 7.05 Å². The van der Waals surface area contributed by atoms with Crippen LogP contribution in [0.2, 0.25) is 0 Å². The zero-order chi connectivity index (χ0) is 7.78. The molecule has 0 atom stereocenters. The van der Waals surface area contributed by atoms with Gasteiger partial charge in [-0.25, -0.2) is 0 Å². The van der Waals surface area contributed by atoms with Crippen LogP contribution in [0.1, 0.15) is 12.8 Å². The number of nitrogens with one attached hydrogen (secondary N) is 1. The Hall–Kier alpha value is 0.0400. The van der Waals surface area contributed by atoms with E-state index in [2.05, 4.69) is 5.32 Å². The summed E-state index contributed by atoms with van der Waals surface area (Å²) in [5.41, 5.74) is 0. The molecule has 1 nitrogen and oxygen atoms in total. The smallest absolute Gasteiger partial charge is 0.317 e. The molecule has 0 aromatic carbocycles. The normalized spacial score (nSPS) is 30.5. The Morgan fingerprint density at radius 3 is 2.00 bits per heavy atom. The molecule has 0 spiro atoms. The molecule has 0 aliphatic heterocycles. The monoisotopic (exact) mass is 189 g/mol. The molecule has 68 valence electrons. The van der Waals surface area contributed by atoms with Gasteiger partial charge in [0.05, 0.1) is 5.92 Å². The van der Waals surface area contributed by atoms with Crippen LogP contribution in [0.15, 0.2) is 0 Å². The molecule has 1 rings (SSSR count). The van der Waals surface area contributed by atoms with E-state index in [0.717, 1.165) is 0 Å². The van der Waals surface area contributed by atoms with Crippen molar-refractivity contribution in [3.63, 3.8) is 0 Å². The third-order valence-electron chi connectivity index (χ3n) is 2.01. The Balaban J connectivity index is 0.000001000. The summed E-state index contributed by atoms with van der Waals surface area (Å²) >= 11 is 0. The molecular formula is C6H11ClF3N. The van der Waals surface area contributed by atoms with Crippen molar-refractivity contribution in [3.8, 4) is 0 Å². The molecule has 0 bridgehead atoms. The van der Waals surface area contributed by atoms with Crippen molar-refractivity contribution in [1.82, 2.24) is 5.32 Å². The first-order valence-electron chi connectivity index (χ1n) is 3.28. The summed E-state index contributed by atoms with van der Waals surface area (Å²) in [4.78, 5) is 0. The molecule has 1 N–H and O–H groups in total. The summed E-state index contributed by atoms with van der Waals surface area (Å²) in [5, 5.41) is 2.80. The van der Waals surface area contributed by atoms with Gasteiger partial charge in [-0.15, -0.1) is 12.4 Å². The van der Waals surface area contributed by atoms with Crippen LogP contribution < -0.4 is 5.32 Å². The molecule has 1 aliphatic rings. The highest BCUT2D eigenvalue weighted by molar-refractivity contribution is 5.85. The lowest BCUT2D eigenvalue weighted by Gasteiger charge is -2.36. The molecular weight excluding hydrogens is 179 g/mol. The van der Waals surface area contributed by atoms with Crippen LogP contribution in [0.3, 0.4) is 0 Å². The highest BCUT2D eigenvalue weighted by Crippen LogP contribution is 2.40. The number of halogens is 4. The van der Waals surface area contributed by atoms with E-state index in [0.29, 0.717) is 0 Å². The molecule has 0 amide bonds. The minimum Gasteiger partial charge on any atom is -0.317 e. The molecule has 0 aromatic rings. The topological polar surface area (TPSA) is 12.0 Å². The summed E-state index contributed by atoms with van der Waals surface area (Å²) in [6.45, 7) is 0. The minimum atomic E-state index is -3.96. The minimum absolute atomic E-state index is 0. The van der Waals surface area contributed by atoms with E-state index in [-0.39, 0.29) is 31.3 Å². The van der Waals surface area contributed by atoms with Gasteiger partial charge in [-0.2, -0.15) is 13.2 Å². The second-order valence-electron chi connectivity index (χ2n) is 2.70. The van der Waals surface area contributed by atoms with Gasteiger partial charge in [0.2, 0.25) is 0 Å². The van der Waals surface area contributed by atoms with Crippen molar-refractivity contribution in [3.05, 3.63) is 0 Å². The van der Waals surface area contributed by atoms with Gasteiger partial charge in [0.25, 0.3) is 0 Å². The summed E-state index contributed by atoms with van der Waals surface area (Å²) in [6, 6.07) is 0.0895. The zero-order valence-electron chi connectivity index (χ0n) is 6.11. The van der Waals surface area contributed by atoms with E-state index < -0.39 is 12.1 Å².